The molecule has 0 bridgehead atoms. The summed E-state index contributed by atoms with van der Waals surface area (Å²) >= 11 is 0. The molecule has 3 aromatic heterocycles. The third kappa shape index (κ3) is 2.55. The van der Waals surface area contributed by atoms with Crippen molar-refractivity contribution >= 4 is 23.3 Å². The standard InChI is InChI=1S/C15H18N8O5/c1-19-8-9(20(2)14(27)23(5)12(8)26)17-13(19)18-16-6-7-10(24)21(3)15(28)22(4)11(7)25/h6,24H,1-5H3,(H,17,18)/b16-6-. The van der Waals surface area contributed by atoms with Gasteiger partial charge < -0.3 is 9.67 Å². The van der Waals surface area contributed by atoms with Crippen LogP contribution in [0.25, 0.3) is 11.2 Å². The molecule has 0 unspecified atom stereocenters. The van der Waals surface area contributed by atoms with Crippen LogP contribution in [0.4, 0.5) is 5.95 Å². The van der Waals surface area contributed by atoms with Gasteiger partial charge in [0.1, 0.15) is 5.56 Å². The number of rotatable bonds is 3. The zero-order valence-corrected chi connectivity index (χ0v) is 15.8. The molecule has 0 saturated heterocycles. The predicted octanol–water partition coefficient (Wildman–Crippen LogP) is -2.48. The van der Waals surface area contributed by atoms with Crippen molar-refractivity contribution in [1.29, 1.82) is 0 Å². The Hall–Kier alpha value is -3.90. The van der Waals surface area contributed by atoms with Crippen molar-refractivity contribution in [2.75, 3.05) is 5.43 Å². The average Bonchev–Trinajstić information content (AvgIpc) is 3.00. The molecule has 13 nitrogen and oxygen atoms in total. The molecule has 0 amide bonds. The van der Waals surface area contributed by atoms with Crippen LogP contribution >= 0.6 is 0 Å². The van der Waals surface area contributed by atoms with E-state index < -0.39 is 28.4 Å². The number of imidazole rings is 1. The third-order valence-corrected chi connectivity index (χ3v) is 4.50. The molecule has 0 aliphatic carbocycles. The van der Waals surface area contributed by atoms with Crippen LogP contribution in [-0.4, -0.2) is 39.1 Å². The van der Waals surface area contributed by atoms with Crippen molar-refractivity contribution in [2.45, 2.75) is 0 Å². The zero-order valence-electron chi connectivity index (χ0n) is 15.8. The van der Waals surface area contributed by atoms with E-state index in [0.717, 1.165) is 19.9 Å². The zero-order chi connectivity index (χ0) is 20.9. The minimum atomic E-state index is -0.729. The van der Waals surface area contributed by atoms with Gasteiger partial charge in [-0.15, -0.1) is 0 Å². The van der Waals surface area contributed by atoms with Crippen molar-refractivity contribution in [3.63, 3.8) is 0 Å². The minimum absolute atomic E-state index is 0.130. The highest BCUT2D eigenvalue weighted by atomic mass is 16.3. The van der Waals surface area contributed by atoms with Gasteiger partial charge in [0.25, 0.3) is 11.1 Å². The van der Waals surface area contributed by atoms with Gasteiger partial charge in [-0.1, -0.05) is 0 Å². The number of anilines is 1. The van der Waals surface area contributed by atoms with Crippen LogP contribution in [0.5, 0.6) is 5.88 Å². The number of aryl methyl sites for hydroxylation is 2. The quantitative estimate of drug-likeness (QED) is 0.371. The fourth-order valence-corrected chi connectivity index (χ4v) is 2.75. The Kier molecular flexibility index (Phi) is 4.29. The third-order valence-electron chi connectivity index (χ3n) is 4.50. The minimum Gasteiger partial charge on any atom is -0.494 e. The molecule has 13 heteroatoms. The molecule has 0 fully saturated rings. The highest BCUT2D eigenvalue weighted by Crippen LogP contribution is 2.13. The molecule has 0 aliphatic heterocycles. The smallest absolute Gasteiger partial charge is 0.333 e. The molecule has 0 atom stereocenters. The first-order valence-electron chi connectivity index (χ1n) is 7.98. The topological polar surface area (TPSA) is 150 Å². The Labute approximate surface area is 156 Å². The van der Waals surface area contributed by atoms with Gasteiger partial charge in [0.2, 0.25) is 11.8 Å². The van der Waals surface area contributed by atoms with Gasteiger partial charge >= 0.3 is 11.4 Å². The van der Waals surface area contributed by atoms with Gasteiger partial charge in [0.05, 0.1) is 6.21 Å². The molecule has 0 aliphatic rings. The molecule has 148 valence electrons. The molecule has 3 rings (SSSR count). The number of nitrogens with zero attached hydrogens (tertiary/aromatic N) is 7. The lowest BCUT2D eigenvalue weighted by Crippen LogP contribution is -2.38. The molecule has 2 N–H and O–H groups in total. The van der Waals surface area contributed by atoms with Crippen LogP contribution in [-0.2, 0) is 35.2 Å². The number of aromatic hydroxyl groups is 1. The van der Waals surface area contributed by atoms with E-state index in [4.69, 9.17) is 0 Å². The number of nitrogens with one attached hydrogen (secondary N) is 1. The first kappa shape index (κ1) is 18.9. The maximum absolute atomic E-state index is 12.3. The normalized spacial score (nSPS) is 11.6. The van der Waals surface area contributed by atoms with E-state index in [9.17, 15) is 24.3 Å². The molecule has 28 heavy (non-hydrogen) atoms. The molecule has 0 radical (unpaired) electrons. The van der Waals surface area contributed by atoms with E-state index in [-0.39, 0.29) is 22.7 Å². The Balaban J connectivity index is 2.08. The van der Waals surface area contributed by atoms with Crippen molar-refractivity contribution in [3.8, 4) is 5.88 Å². The Morgan fingerprint density at radius 1 is 0.857 bits per heavy atom. The van der Waals surface area contributed by atoms with Gasteiger partial charge in [-0.3, -0.25) is 27.9 Å². The van der Waals surface area contributed by atoms with Gasteiger partial charge in [0.15, 0.2) is 11.2 Å². The molecular formula is C15H18N8O5. The molecule has 0 spiro atoms. The van der Waals surface area contributed by atoms with Crippen molar-refractivity contribution in [1.82, 2.24) is 27.8 Å². The summed E-state index contributed by atoms with van der Waals surface area (Å²) in [5.74, 6) is -0.411. The SMILES string of the molecule is Cn1c(O)c(/C=N\Nc2nc3c(c(=O)n(C)c(=O)n3C)n2C)c(=O)n(C)c1=O. The summed E-state index contributed by atoms with van der Waals surface area (Å²) in [6.45, 7) is 0. The monoisotopic (exact) mass is 390 g/mol. The summed E-state index contributed by atoms with van der Waals surface area (Å²) in [7, 11) is 6.99. The van der Waals surface area contributed by atoms with E-state index in [1.807, 2.05) is 0 Å². The second kappa shape index (κ2) is 6.37. The van der Waals surface area contributed by atoms with E-state index in [1.165, 1.54) is 37.3 Å². The van der Waals surface area contributed by atoms with Crippen LogP contribution in [0.2, 0.25) is 0 Å². The first-order chi connectivity index (χ1) is 13.1. The predicted molar refractivity (Wildman–Crippen MR) is 101 cm³/mol. The molecule has 3 aromatic rings. The molecular weight excluding hydrogens is 372 g/mol. The molecule has 3 heterocycles. The fraction of sp³-hybridized carbons (Fsp3) is 0.333. The first-order valence-corrected chi connectivity index (χ1v) is 7.98. The maximum atomic E-state index is 12.3. The van der Waals surface area contributed by atoms with Crippen LogP contribution in [0, 0.1) is 0 Å². The Morgan fingerprint density at radius 2 is 1.43 bits per heavy atom. The lowest BCUT2D eigenvalue weighted by atomic mass is 10.3. The summed E-state index contributed by atoms with van der Waals surface area (Å²) in [5.41, 5.74) is 0.246. The Bertz CT molecular complexity index is 1380. The molecule has 0 saturated carbocycles. The number of hydrazone groups is 1. The lowest BCUT2D eigenvalue weighted by molar-refractivity contribution is 0.410. The van der Waals surface area contributed by atoms with Gasteiger partial charge in [-0.25, -0.2) is 15.0 Å². The van der Waals surface area contributed by atoms with E-state index in [2.05, 4.69) is 15.5 Å². The van der Waals surface area contributed by atoms with E-state index >= 15 is 0 Å². The van der Waals surface area contributed by atoms with Gasteiger partial charge in [-0.2, -0.15) is 10.1 Å². The number of fused-ring (bicyclic) bond motifs is 1. The largest absolute Gasteiger partial charge is 0.494 e. The fourth-order valence-electron chi connectivity index (χ4n) is 2.75. The van der Waals surface area contributed by atoms with Crippen molar-refractivity contribution in [2.24, 2.45) is 40.3 Å². The number of hydrogen-bond donors (Lipinski definition) is 2. The summed E-state index contributed by atoms with van der Waals surface area (Å²) in [6, 6.07) is 0. The maximum Gasteiger partial charge on any atom is 0.333 e. The lowest BCUT2D eigenvalue weighted by Gasteiger charge is -2.07. The van der Waals surface area contributed by atoms with Gasteiger partial charge in [0, 0.05) is 35.2 Å². The van der Waals surface area contributed by atoms with E-state index in [0.29, 0.717) is 0 Å². The summed E-state index contributed by atoms with van der Waals surface area (Å²) in [5, 5.41) is 13.9. The second-order valence-corrected chi connectivity index (χ2v) is 6.19. The van der Waals surface area contributed by atoms with Gasteiger partial charge in [-0.05, 0) is 0 Å². The van der Waals surface area contributed by atoms with Crippen molar-refractivity contribution in [3.05, 3.63) is 47.2 Å². The van der Waals surface area contributed by atoms with Crippen LogP contribution in [0.1, 0.15) is 5.56 Å². The summed E-state index contributed by atoms with van der Waals surface area (Å²) in [6.07, 6.45) is 1.04. The number of aromatic nitrogens is 6. The van der Waals surface area contributed by atoms with Crippen molar-refractivity contribution < 1.29 is 5.11 Å². The van der Waals surface area contributed by atoms with Crippen LogP contribution in [0.15, 0.2) is 24.3 Å². The number of hydrogen-bond acceptors (Lipinski definition) is 8. The summed E-state index contributed by atoms with van der Waals surface area (Å²) < 4.78 is 5.32. The highest BCUT2D eigenvalue weighted by molar-refractivity contribution is 5.82. The highest BCUT2D eigenvalue weighted by Gasteiger charge is 2.17. The van der Waals surface area contributed by atoms with E-state index in [1.54, 1.807) is 7.05 Å². The average molecular weight is 390 g/mol. The second-order valence-electron chi connectivity index (χ2n) is 6.19. The van der Waals surface area contributed by atoms with Crippen LogP contribution < -0.4 is 27.9 Å². The summed E-state index contributed by atoms with van der Waals surface area (Å²) in [4.78, 5) is 52.4. The van der Waals surface area contributed by atoms with Crippen LogP contribution in [0.3, 0.4) is 0 Å². The Morgan fingerprint density at radius 3 is 2.07 bits per heavy atom. The molecule has 0 aromatic carbocycles.